The molecule has 0 bridgehead atoms. The maximum Gasteiger partial charge on any atom is 0.0619 e. The minimum absolute atomic E-state index is 1.17. The van der Waals surface area contributed by atoms with E-state index >= 15 is 0 Å². The lowest BCUT2D eigenvalue weighted by Crippen LogP contribution is -1.96. The third-order valence-corrected chi connectivity index (χ3v) is 9.68. The molecule has 10 aromatic rings. The molecule has 0 atom stereocenters. The molecule has 0 fully saturated rings. The molecule has 2 nitrogen and oxygen atoms in total. The zero-order chi connectivity index (χ0) is 30.2. The van der Waals surface area contributed by atoms with Crippen molar-refractivity contribution in [2.45, 2.75) is 0 Å². The summed E-state index contributed by atoms with van der Waals surface area (Å²) in [5, 5.41) is 10.1. The molecule has 2 heterocycles. The lowest BCUT2D eigenvalue weighted by Gasteiger charge is -2.15. The Morgan fingerprint density at radius 1 is 0.326 bits per heavy atom. The topological polar surface area (TPSA) is 9.86 Å². The van der Waals surface area contributed by atoms with Crippen LogP contribution in [0, 0.1) is 0 Å². The van der Waals surface area contributed by atoms with Gasteiger partial charge >= 0.3 is 0 Å². The highest BCUT2D eigenvalue weighted by atomic mass is 15.0. The van der Waals surface area contributed by atoms with Gasteiger partial charge in [-0.2, -0.15) is 0 Å². The lowest BCUT2D eigenvalue weighted by molar-refractivity contribution is 1.18. The summed E-state index contributed by atoms with van der Waals surface area (Å²) in [6.07, 6.45) is 0. The van der Waals surface area contributed by atoms with Gasteiger partial charge in [0.05, 0.1) is 27.8 Å². The monoisotopic (exact) mass is 584 g/mol. The molecule has 8 aromatic carbocycles. The first-order valence-corrected chi connectivity index (χ1v) is 15.9. The maximum absolute atomic E-state index is 2.46. The molecular weight excluding hydrogens is 556 g/mol. The summed E-state index contributed by atoms with van der Waals surface area (Å²) < 4.78 is 4.89. The molecule has 0 saturated heterocycles. The van der Waals surface area contributed by atoms with Crippen molar-refractivity contribution in [1.82, 2.24) is 9.13 Å². The Hall–Kier alpha value is -6.12. The van der Waals surface area contributed by atoms with Crippen LogP contribution in [0.25, 0.3) is 87.7 Å². The highest BCUT2D eigenvalue weighted by Gasteiger charge is 2.19. The molecule has 0 spiro atoms. The first-order valence-electron chi connectivity index (χ1n) is 15.9. The predicted molar refractivity (Wildman–Crippen MR) is 196 cm³/mol. The SMILES string of the molecule is c1ccc(-n2c3ccccc3c3cccc(-c4ccc5c(c4)c4ccccc4n5-c4cc5ccccc5c5ccccc45)c32)cc1. The van der Waals surface area contributed by atoms with Gasteiger partial charge in [0.2, 0.25) is 0 Å². The van der Waals surface area contributed by atoms with E-state index in [1.807, 2.05) is 0 Å². The molecule has 0 N–H and O–H groups in total. The Morgan fingerprint density at radius 3 is 1.72 bits per heavy atom. The van der Waals surface area contributed by atoms with Crippen LogP contribution in [0.15, 0.2) is 170 Å². The van der Waals surface area contributed by atoms with Gasteiger partial charge in [-0.3, -0.25) is 0 Å². The van der Waals surface area contributed by atoms with Gasteiger partial charge in [-0.15, -0.1) is 0 Å². The third-order valence-electron chi connectivity index (χ3n) is 9.68. The van der Waals surface area contributed by atoms with Crippen LogP contribution in [-0.2, 0) is 0 Å². The molecule has 0 aliphatic heterocycles. The fourth-order valence-electron chi connectivity index (χ4n) is 7.72. The van der Waals surface area contributed by atoms with Crippen LogP contribution < -0.4 is 0 Å². The number of fused-ring (bicyclic) bond motifs is 9. The number of aromatic nitrogens is 2. The third kappa shape index (κ3) is 3.53. The largest absolute Gasteiger partial charge is 0.309 e. The smallest absolute Gasteiger partial charge is 0.0619 e. The van der Waals surface area contributed by atoms with Gasteiger partial charge < -0.3 is 9.13 Å². The fourth-order valence-corrected chi connectivity index (χ4v) is 7.72. The number of nitrogens with zero attached hydrogens (tertiary/aromatic N) is 2. The second kappa shape index (κ2) is 9.69. The lowest BCUT2D eigenvalue weighted by atomic mass is 9.99. The summed E-state index contributed by atoms with van der Waals surface area (Å²) in [6.45, 7) is 0. The highest BCUT2D eigenvalue weighted by Crippen LogP contribution is 2.42. The average molecular weight is 585 g/mol. The minimum atomic E-state index is 1.17. The average Bonchev–Trinajstić information content (AvgIpc) is 3.64. The van der Waals surface area contributed by atoms with Crippen molar-refractivity contribution in [2.24, 2.45) is 0 Å². The van der Waals surface area contributed by atoms with E-state index in [0.29, 0.717) is 0 Å². The molecule has 0 aliphatic rings. The second-order valence-corrected chi connectivity index (χ2v) is 12.1. The Labute approximate surface area is 266 Å². The van der Waals surface area contributed by atoms with E-state index in [2.05, 4.69) is 179 Å². The van der Waals surface area contributed by atoms with Gasteiger partial charge in [-0.1, -0.05) is 127 Å². The molecule has 0 unspecified atom stereocenters. The van der Waals surface area contributed by atoms with Crippen molar-refractivity contribution < 1.29 is 0 Å². The van der Waals surface area contributed by atoms with E-state index in [9.17, 15) is 0 Å². The van der Waals surface area contributed by atoms with Crippen LogP contribution >= 0.6 is 0 Å². The second-order valence-electron chi connectivity index (χ2n) is 12.1. The van der Waals surface area contributed by atoms with Crippen LogP contribution in [0.2, 0.25) is 0 Å². The van der Waals surface area contributed by atoms with E-state index in [-0.39, 0.29) is 0 Å². The fraction of sp³-hybridized carbons (Fsp3) is 0. The summed E-state index contributed by atoms with van der Waals surface area (Å²) in [4.78, 5) is 0. The van der Waals surface area contributed by atoms with Crippen LogP contribution in [0.4, 0.5) is 0 Å². The summed E-state index contributed by atoms with van der Waals surface area (Å²) in [5.41, 5.74) is 9.70. The van der Waals surface area contributed by atoms with Crippen molar-refractivity contribution in [1.29, 1.82) is 0 Å². The van der Waals surface area contributed by atoms with Crippen molar-refractivity contribution in [3.05, 3.63) is 170 Å². The van der Waals surface area contributed by atoms with Gasteiger partial charge in [0, 0.05) is 38.2 Å². The summed E-state index contributed by atoms with van der Waals surface area (Å²) >= 11 is 0. The van der Waals surface area contributed by atoms with E-state index in [1.54, 1.807) is 0 Å². The minimum Gasteiger partial charge on any atom is -0.309 e. The van der Waals surface area contributed by atoms with Gasteiger partial charge in [0.1, 0.15) is 0 Å². The quantitative estimate of drug-likeness (QED) is 0.183. The molecule has 2 aromatic heterocycles. The summed E-state index contributed by atoms with van der Waals surface area (Å²) in [5.74, 6) is 0. The van der Waals surface area contributed by atoms with Gasteiger partial charge in [-0.05, 0) is 64.2 Å². The number of para-hydroxylation sites is 4. The Balaban J connectivity index is 1.29. The van der Waals surface area contributed by atoms with Gasteiger partial charge in [0.15, 0.2) is 0 Å². The molecule has 0 amide bonds. The first kappa shape index (κ1) is 25.2. The predicted octanol–water partition coefficient (Wildman–Crippen LogP) is 11.9. The molecule has 10 rings (SSSR count). The number of rotatable bonds is 3. The number of hydrogen-bond donors (Lipinski definition) is 0. The summed E-state index contributed by atoms with van der Waals surface area (Å²) in [7, 11) is 0. The van der Waals surface area contributed by atoms with Crippen molar-refractivity contribution in [3.63, 3.8) is 0 Å². The number of benzene rings is 8. The Morgan fingerprint density at radius 2 is 0.913 bits per heavy atom. The van der Waals surface area contributed by atoms with Gasteiger partial charge in [0.25, 0.3) is 0 Å². The van der Waals surface area contributed by atoms with Crippen molar-refractivity contribution in [2.75, 3.05) is 0 Å². The van der Waals surface area contributed by atoms with Crippen LogP contribution in [-0.4, -0.2) is 9.13 Å². The normalized spacial score (nSPS) is 11.9. The van der Waals surface area contributed by atoms with Crippen molar-refractivity contribution in [3.8, 4) is 22.5 Å². The highest BCUT2D eigenvalue weighted by molar-refractivity contribution is 6.17. The van der Waals surface area contributed by atoms with E-state index in [0.717, 1.165) is 0 Å². The van der Waals surface area contributed by atoms with Crippen LogP contribution in [0.5, 0.6) is 0 Å². The zero-order valence-electron chi connectivity index (χ0n) is 25.1. The molecule has 2 heteroatoms. The maximum atomic E-state index is 2.46. The molecule has 0 saturated carbocycles. The molecule has 214 valence electrons. The van der Waals surface area contributed by atoms with Crippen LogP contribution in [0.3, 0.4) is 0 Å². The molecule has 0 radical (unpaired) electrons. The standard InChI is InChI=1S/C44H28N2/c1-2-14-31(15-3-1)45-40-23-10-8-19-36(40)38-22-12-21-33(44(38)45)30-25-26-42-39(27-30)37-20-9-11-24-41(37)46(42)43-28-29-13-4-5-16-32(29)34-17-6-7-18-35(34)43/h1-28H. The molecular formula is C44H28N2. The van der Waals surface area contributed by atoms with E-state index < -0.39 is 0 Å². The van der Waals surface area contributed by atoms with E-state index in [1.165, 1.54) is 87.7 Å². The van der Waals surface area contributed by atoms with Gasteiger partial charge in [-0.25, -0.2) is 0 Å². The molecule has 0 aliphatic carbocycles. The van der Waals surface area contributed by atoms with Crippen LogP contribution in [0.1, 0.15) is 0 Å². The molecule has 46 heavy (non-hydrogen) atoms. The number of hydrogen-bond acceptors (Lipinski definition) is 0. The zero-order valence-corrected chi connectivity index (χ0v) is 25.1. The first-order chi connectivity index (χ1) is 22.8. The summed E-state index contributed by atoms with van der Waals surface area (Å²) in [6, 6.07) is 62.0. The Bertz CT molecular complexity index is 2800. The van der Waals surface area contributed by atoms with Crippen molar-refractivity contribution >= 4 is 65.2 Å². The Kier molecular flexibility index (Phi) is 5.31. The van der Waals surface area contributed by atoms with E-state index in [4.69, 9.17) is 0 Å².